The van der Waals surface area contributed by atoms with E-state index in [2.05, 4.69) is 58.9 Å². The molecule has 1 fully saturated rings. The van der Waals surface area contributed by atoms with Gasteiger partial charge in [-0.2, -0.15) is 0 Å². The predicted molar refractivity (Wildman–Crippen MR) is 83.8 cm³/mol. The average molecular weight is 310 g/mol. The number of halogens is 1. The number of nitrogens with zero attached hydrogens (tertiary/aromatic N) is 1. The standard InChI is InChI=1S/C16H24BrN/c1-3-18(15-9-5-4-8-14(15)2)13-16(12-17)10-6-7-11-16/h4-5,8-9H,3,6-7,10-13H2,1-2H3. The van der Waals surface area contributed by atoms with Crippen LogP contribution in [0.2, 0.25) is 0 Å². The molecule has 0 saturated heterocycles. The molecular weight excluding hydrogens is 286 g/mol. The molecule has 0 spiro atoms. The van der Waals surface area contributed by atoms with Crippen molar-refractivity contribution in [1.29, 1.82) is 0 Å². The van der Waals surface area contributed by atoms with Crippen molar-refractivity contribution in [3.8, 4) is 0 Å². The lowest BCUT2D eigenvalue weighted by atomic mass is 9.88. The quantitative estimate of drug-likeness (QED) is 0.708. The number of hydrogen-bond acceptors (Lipinski definition) is 1. The van der Waals surface area contributed by atoms with Crippen molar-refractivity contribution < 1.29 is 0 Å². The Bertz CT molecular complexity index is 382. The van der Waals surface area contributed by atoms with Crippen molar-refractivity contribution in [2.75, 3.05) is 23.3 Å². The van der Waals surface area contributed by atoms with E-state index in [0.717, 1.165) is 11.9 Å². The molecule has 0 aromatic heterocycles. The summed E-state index contributed by atoms with van der Waals surface area (Å²) >= 11 is 3.76. The summed E-state index contributed by atoms with van der Waals surface area (Å²) in [5.41, 5.74) is 3.30. The minimum Gasteiger partial charge on any atom is -0.371 e. The van der Waals surface area contributed by atoms with Gasteiger partial charge in [-0.15, -0.1) is 0 Å². The van der Waals surface area contributed by atoms with Crippen LogP contribution in [-0.4, -0.2) is 18.4 Å². The molecule has 18 heavy (non-hydrogen) atoms. The molecule has 0 radical (unpaired) electrons. The molecule has 0 heterocycles. The summed E-state index contributed by atoms with van der Waals surface area (Å²) in [7, 11) is 0. The number of aryl methyl sites for hydroxylation is 1. The van der Waals surface area contributed by atoms with Crippen molar-refractivity contribution in [2.45, 2.75) is 39.5 Å². The van der Waals surface area contributed by atoms with E-state index in [9.17, 15) is 0 Å². The van der Waals surface area contributed by atoms with Crippen LogP contribution in [0.4, 0.5) is 5.69 Å². The Balaban J connectivity index is 2.17. The maximum Gasteiger partial charge on any atom is 0.0396 e. The molecule has 2 rings (SSSR count). The molecule has 0 unspecified atom stereocenters. The summed E-state index contributed by atoms with van der Waals surface area (Å²) in [4.78, 5) is 2.56. The first-order chi connectivity index (χ1) is 8.71. The van der Waals surface area contributed by atoms with Gasteiger partial charge in [-0.05, 0) is 43.7 Å². The third kappa shape index (κ3) is 2.90. The first kappa shape index (κ1) is 13.9. The first-order valence-electron chi connectivity index (χ1n) is 7.07. The fourth-order valence-corrected chi connectivity index (χ4v) is 3.89. The van der Waals surface area contributed by atoms with Crippen LogP contribution in [0.1, 0.15) is 38.2 Å². The molecule has 1 aromatic carbocycles. The molecule has 0 amide bonds. The van der Waals surface area contributed by atoms with Crippen LogP contribution < -0.4 is 4.90 Å². The van der Waals surface area contributed by atoms with Crippen LogP contribution in [-0.2, 0) is 0 Å². The van der Waals surface area contributed by atoms with Gasteiger partial charge in [0.1, 0.15) is 0 Å². The Morgan fingerprint density at radius 3 is 2.44 bits per heavy atom. The predicted octanol–water partition coefficient (Wildman–Crippen LogP) is 4.78. The van der Waals surface area contributed by atoms with Crippen LogP contribution >= 0.6 is 15.9 Å². The van der Waals surface area contributed by atoms with Crippen LogP contribution in [0.15, 0.2) is 24.3 Å². The molecule has 1 aromatic rings. The topological polar surface area (TPSA) is 3.24 Å². The van der Waals surface area contributed by atoms with E-state index in [1.807, 2.05) is 0 Å². The lowest BCUT2D eigenvalue weighted by Crippen LogP contribution is -2.37. The summed E-state index contributed by atoms with van der Waals surface area (Å²) in [6, 6.07) is 8.76. The van der Waals surface area contributed by atoms with Gasteiger partial charge in [-0.3, -0.25) is 0 Å². The van der Waals surface area contributed by atoms with Crippen molar-refractivity contribution in [2.24, 2.45) is 5.41 Å². The number of alkyl halides is 1. The highest BCUT2D eigenvalue weighted by molar-refractivity contribution is 9.09. The molecule has 0 aliphatic heterocycles. The van der Waals surface area contributed by atoms with Crippen molar-refractivity contribution in [1.82, 2.24) is 0 Å². The Labute approximate surface area is 120 Å². The zero-order valence-electron chi connectivity index (χ0n) is 11.6. The first-order valence-corrected chi connectivity index (χ1v) is 8.19. The summed E-state index contributed by atoms with van der Waals surface area (Å²) in [6.45, 7) is 6.77. The SMILES string of the molecule is CCN(CC1(CBr)CCCC1)c1ccccc1C. The fourth-order valence-electron chi connectivity index (χ4n) is 3.15. The molecule has 0 atom stereocenters. The molecule has 0 N–H and O–H groups in total. The van der Waals surface area contributed by atoms with E-state index in [-0.39, 0.29) is 0 Å². The normalized spacial score (nSPS) is 17.9. The zero-order valence-corrected chi connectivity index (χ0v) is 13.2. The molecule has 0 bridgehead atoms. The number of benzene rings is 1. The highest BCUT2D eigenvalue weighted by atomic mass is 79.9. The van der Waals surface area contributed by atoms with Gasteiger partial charge >= 0.3 is 0 Å². The Morgan fingerprint density at radius 1 is 1.22 bits per heavy atom. The second-order valence-corrected chi connectivity index (χ2v) is 6.20. The smallest absolute Gasteiger partial charge is 0.0396 e. The van der Waals surface area contributed by atoms with E-state index in [1.165, 1.54) is 43.5 Å². The number of anilines is 1. The minimum absolute atomic E-state index is 0.498. The summed E-state index contributed by atoms with van der Waals surface area (Å²) < 4.78 is 0. The van der Waals surface area contributed by atoms with Crippen molar-refractivity contribution >= 4 is 21.6 Å². The van der Waals surface area contributed by atoms with E-state index in [4.69, 9.17) is 0 Å². The molecule has 1 aliphatic rings. The van der Waals surface area contributed by atoms with Gasteiger partial charge in [0.2, 0.25) is 0 Å². The van der Waals surface area contributed by atoms with Crippen LogP contribution in [0.25, 0.3) is 0 Å². The monoisotopic (exact) mass is 309 g/mol. The van der Waals surface area contributed by atoms with E-state index in [1.54, 1.807) is 0 Å². The van der Waals surface area contributed by atoms with Gasteiger partial charge < -0.3 is 4.90 Å². The molecule has 100 valence electrons. The Hall–Kier alpha value is -0.500. The highest BCUT2D eigenvalue weighted by Gasteiger charge is 2.34. The largest absolute Gasteiger partial charge is 0.371 e. The van der Waals surface area contributed by atoms with Crippen LogP contribution in [0.3, 0.4) is 0 Å². The summed E-state index contributed by atoms with van der Waals surface area (Å²) in [6.07, 6.45) is 5.55. The molecule has 2 heteroatoms. The van der Waals surface area contributed by atoms with Gasteiger partial charge in [0.25, 0.3) is 0 Å². The second kappa shape index (κ2) is 6.10. The van der Waals surface area contributed by atoms with Crippen molar-refractivity contribution in [3.63, 3.8) is 0 Å². The summed E-state index contributed by atoms with van der Waals surface area (Å²) in [5, 5.41) is 1.14. The Kier molecular flexibility index (Phi) is 4.71. The molecular formula is C16H24BrN. The van der Waals surface area contributed by atoms with E-state index in [0.29, 0.717) is 5.41 Å². The maximum atomic E-state index is 3.76. The Morgan fingerprint density at radius 2 is 1.89 bits per heavy atom. The lowest BCUT2D eigenvalue weighted by molar-refractivity contribution is 0.351. The van der Waals surface area contributed by atoms with E-state index >= 15 is 0 Å². The highest BCUT2D eigenvalue weighted by Crippen LogP contribution is 2.41. The lowest BCUT2D eigenvalue weighted by Gasteiger charge is -2.35. The van der Waals surface area contributed by atoms with Gasteiger partial charge in [-0.1, -0.05) is 47.0 Å². The fraction of sp³-hybridized carbons (Fsp3) is 0.625. The van der Waals surface area contributed by atoms with Crippen LogP contribution in [0.5, 0.6) is 0 Å². The van der Waals surface area contributed by atoms with E-state index < -0.39 is 0 Å². The molecule has 1 nitrogen and oxygen atoms in total. The van der Waals surface area contributed by atoms with Gasteiger partial charge in [-0.25, -0.2) is 0 Å². The number of para-hydroxylation sites is 1. The van der Waals surface area contributed by atoms with Gasteiger partial charge in [0.05, 0.1) is 0 Å². The minimum atomic E-state index is 0.498. The third-order valence-electron chi connectivity index (χ3n) is 4.31. The van der Waals surface area contributed by atoms with Gasteiger partial charge in [0.15, 0.2) is 0 Å². The third-order valence-corrected chi connectivity index (χ3v) is 5.50. The number of rotatable bonds is 5. The van der Waals surface area contributed by atoms with Crippen molar-refractivity contribution in [3.05, 3.63) is 29.8 Å². The van der Waals surface area contributed by atoms with Gasteiger partial charge in [0, 0.05) is 24.1 Å². The molecule has 1 aliphatic carbocycles. The van der Waals surface area contributed by atoms with Crippen LogP contribution in [0, 0.1) is 12.3 Å². The summed E-state index contributed by atoms with van der Waals surface area (Å²) in [5.74, 6) is 0. The zero-order chi connectivity index (χ0) is 13.0. The molecule has 1 saturated carbocycles. The average Bonchev–Trinajstić information content (AvgIpc) is 2.86. The number of hydrogen-bond donors (Lipinski definition) is 0. The maximum absolute atomic E-state index is 3.76. The second-order valence-electron chi connectivity index (χ2n) is 5.64.